The molecule has 0 radical (unpaired) electrons. The highest BCUT2D eigenvalue weighted by atomic mass is 32.3. The molecule has 9 aromatic carbocycles. The summed E-state index contributed by atoms with van der Waals surface area (Å²) in [5.41, 5.74) is 13.2. The summed E-state index contributed by atoms with van der Waals surface area (Å²) in [7, 11) is -4.00. The first kappa shape index (κ1) is 31.9. The molecular weight excluding hydrogens is 725 g/mol. The predicted octanol–water partition coefficient (Wildman–Crippen LogP) is 13.9. The van der Waals surface area contributed by atoms with Crippen molar-refractivity contribution >= 4 is 52.7 Å². The van der Waals surface area contributed by atoms with Gasteiger partial charge >= 0.3 is 0 Å². The van der Waals surface area contributed by atoms with Gasteiger partial charge in [-0.25, -0.2) is 0 Å². The van der Waals surface area contributed by atoms with Gasteiger partial charge < -0.3 is 9.13 Å². The first-order valence-electron chi connectivity index (χ1n) is 19.8. The topological polar surface area (TPSA) is 26.9 Å². The summed E-state index contributed by atoms with van der Waals surface area (Å²) in [6.45, 7) is 0. The normalized spacial score (nSPS) is 15.0. The van der Waals surface area contributed by atoms with Crippen molar-refractivity contribution in [1.82, 2.24) is 9.13 Å². The minimum Gasteiger partial charge on any atom is -0.309 e. The molecule has 1 spiro atoms. The summed E-state index contributed by atoms with van der Waals surface area (Å²) in [6.07, 6.45) is 0. The highest BCUT2D eigenvalue weighted by molar-refractivity contribution is 8.21. The lowest BCUT2D eigenvalue weighted by Crippen LogP contribution is -2.30. The Morgan fingerprint density at radius 1 is 0.310 bits per heavy atom. The fourth-order valence-corrected chi connectivity index (χ4v) is 15.8. The van der Waals surface area contributed by atoms with Gasteiger partial charge in [-0.1, -0.05) is 140 Å². The minimum atomic E-state index is -4.00. The van der Waals surface area contributed by atoms with Crippen LogP contribution in [0.3, 0.4) is 0 Å². The molecule has 0 unspecified atom stereocenters. The molecule has 0 amide bonds. The molecule has 0 bridgehead atoms. The largest absolute Gasteiger partial charge is 0.309 e. The average Bonchev–Trinajstić information content (AvgIpc) is 3.95. The van der Waals surface area contributed by atoms with Crippen molar-refractivity contribution < 1.29 is 4.21 Å². The number of nitrogens with zero attached hydrogens (tertiary/aromatic N) is 2. The average molecular weight is 759 g/mol. The van der Waals surface area contributed by atoms with Gasteiger partial charge in [-0.05, 0) is 89.0 Å². The van der Waals surface area contributed by atoms with E-state index in [1.807, 2.05) is 12.1 Å². The van der Waals surface area contributed by atoms with Gasteiger partial charge in [0.25, 0.3) is 0 Å². The van der Waals surface area contributed by atoms with Crippen molar-refractivity contribution in [3.05, 3.63) is 206 Å². The van der Waals surface area contributed by atoms with Gasteiger partial charge in [0.15, 0.2) is 0 Å². The molecule has 13 rings (SSSR count). The van der Waals surface area contributed by atoms with Gasteiger partial charge in [0.1, 0.15) is 0 Å². The number of aromatic nitrogens is 2. The Bertz CT molecular complexity index is 3590. The number of benzene rings is 9. The third-order valence-corrected chi connectivity index (χ3v) is 17.6. The zero-order valence-electron chi connectivity index (χ0n) is 31.3. The Morgan fingerprint density at radius 2 is 0.776 bits per heavy atom. The maximum absolute atomic E-state index is 17.3. The zero-order chi connectivity index (χ0) is 38.2. The zero-order valence-corrected chi connectivity index (χ0v) is 32.2. The van der Waals surface area contributed by atoms with Crippen LogP contribution in [0.4, 0.5) is 0 Å². The van der Waals surface area contributed by atoms with Crippen molar-refractivity contribution in [1.29, 1.82) is 0 Å². The molecule has 0 saturated heterocycles. The molecule has 272 valence electrons. The van der Waals surface area contributed by atoms with E-state index in [9.17, 15) is 0 Å². The van der Waals surface area contributed by atoms with Gasteiger partial charge in [-0.3, -0.25) is 4.21 Å². The van der Waals surface area contributed by atoms with Crippen LogP contribution in [0.25, 0.3) is 88.4 Å². The highest BCUT2D eigenvalue weighted by Gasteiger charge is 2.57. The summed E-state index contributed by atoms with van der Waals surface area (Å²) >= 11 is 0. The molecular formula is C54H34N2OS. The Hall–Kier alpha value is -7.27. The summed E-state index contributed by atoms with van der Waals surface area (Å²) < 4.78 is 22.1. The second-order valence-electron chi connectivity index (χ2n) is 15.6. The predicted molar refractivity (Wildman–Crippen MR) is 239 cm³/mol. The Morgan fingerprint density at radius 3 is 1.45 bits per heavy atom. The fraction of sp³-hybridized carbons (Fsp3) is 0. The van der Waals surface area contributed by atoms with Gasteiger partial charge in [-0.2, -0.15) is 0 Å². The van der Waals surface area contributed by atoms with Crippen LogP contribution in [0.15, 0.2) is 226 Å². The van der Waals surface area contributed by atoms with E-state index in [-0.39, 0.29) is 0 Å². The Kier molecular flexibility index (Phi) is 6.15. The third kappa shape index (κ3) is 3.72. The number of hydrogen-bond donors (Lipinski definition) is 0. The van der Waals surface area contributed by atoms with Crippen LogP contribution in [0.5, 0.6) is 0 Å². The summed E-state index contributed by atoms with van der Waals surface area (Å²) in [6, 6.07) is 73.3. The molecule has 2 aliphatic heterocycles. The van der Waals surface area contributed by atoms with Crippen LogP contribution in [0, 0.1) is 0 Å². The Balaban J connectivity index is 1.14. The van der Waals surface area contributed by atoms with E-state index >= 15 is 4.21 Å². The van der Waals surface area contributed by atoms with E-state index in [1.54, 1.807) is 0 Å². The smallest absolute Gasteiger partial charge is 0.0562 e. The number of rotatable bonds is 3. The van der Waals surface area contributed by atoms with Crippen molar-refractivity contribution in [2.75, 3.05) is 0 Å². The van der Waals surface area contributed by atoms with E-state index in [2.05, 4.69) is 203 Å². The van der Waals surface area contributed by atoms with Crippen molar-refractivity contribution in [2.45, 2.75) is 19.6 Å². The van der Waals surface area contributed by atoms with Crippen LogP contribution in [0.2, 0.25) is 0 Å². The first-order valence-corrected chi connectivity index (χ1v) is 21.8. The van der Waals surface area contributed by atoms with Crippen LogP contribution in [0.1, 0.15) is 0 Å². The van der Waals surface area contributed by atoms with Crippen molar-refractivity contribution in [2.24, 2.45) is 0 Å². The number of fused-ring (bicyclic) bond motifs is 16. The van der Waals surface area contributed by atoms with Crippen LogP contribution < -0.4 is 0 Å². The molecule has 11 aromatic rings. The minimum absolute atomic E-state index is 0.888. The molecule has 0 N–H and O–H groups in total. The van der Waals surface area contributed by atoms with Crippen LogP contribution in [-0.2, 0) is 9.07 Å². The maximum Gasteiger partial charge on any atom is 0.0562 e. The third-order valence-electron chi connectivity index (χ3n) is 12.8. The molecule has 58 heavy (non-hydrogen) atoms. The lowest BCUT2D eigenvalue weighted by atomic mass is 9.93. The quantitative estimate of drug-likeness (QED) is 0.176. The monoisotopic (exact) mass is 758 g/mol. The molecule has 4 heteroatoms. The second kappa shape index (κ2) is 11.2. The fourth-order valence-electron chi connectivity index (χ4n) is 10.6. The van der Waals surface area contributed by atoms with Crippen molar-refractivity contribution in [3.8, 4) is 44.8 Å². The van der Waals surface area contributed by atoms with E-state index in [1.165, 1.54) is 27.1 Å². The van der Waals surface area contributed by atoms with E-state index < -0.39 is 9.07 Å². The van der Waals surface area contributed by atoms with E-state index in [0.717, 1.165) is 80.9 Å². The highest BCUT2D eigenvalue weighted by Crippen LogP contribution is 2.71. The van der Waals surface area contributed by atoms with E-state index in [0.29, 0.717) is 0 Å². The summed E-state index contributed by atoms with van der Waals surface area (Å²) in [5, 5.41) is 4.88. The maximum atomic E-state index is 17.3. The second-order valence-corrected chi connectivity index (χ2v) is 19.2. The SMILES string of the molecule is O=S12(c3ccccc3-c3ccccc31)c1ccccc1-c1c(-c3ccccc3-n3c4ccccc4c4cc5c6ccccc6n(-c6ccccc6)c5cc43)cccc12. The molecule has 0 fully saturated rings. The molecule has 3 nitrogen and oxygen atoms in total. The molecule has 2 aromatic heterocycles. The summed E-state index contributed by atoms with van der Waals surface area (Å²) in [5.74, 6) is 0. The number of para-hydroxylation sites is 4. The molecule has 2 aliphatic rings. The number of hydrogen-bond acceptors (Lipinski definition) is 1. The van der Waals surface area contributed by atoms with Gasteiger partial charge in [-0.15, -0.1) is 0 Å². The standard InChI is InChI=1S/C54H34N2OS/c57-58(50-29-13-7-22-39(50)40-23-8-14-30-51(40)58)52-31-15-9-24-42(52)54-41(25-16-32-53(54)58)36-19-4-11-27-46(36)56-47-28-12-6-21-38(47)44-33-43-37-20-5-10-26-45(37)55(48(43)34-49(44)56)35-17-2-1-3-18-35/h1-34H. The lowest BCUT2D eigenvalue weighted by molar-refractivity contribution is 0.658. The van der Waals surface area contributed by atoms with E-state index in [4.69, 9.17) is 0 Å². The van der Waals surface area contributed by atoms with Gasteiger partial charge in [0.05, 0.1) is 27.8 Å². The van der Waals surface area contributed by atoms with Crippen LogP contribution in [-0.4, -0.2) is 13.3 Å². The Labute approximate surface area is 335 Å². The van der Waals surface area contributed by atoms with Crippen molar-refractivity contribution in [3.63, 3.8) is 0 Å². The van der Waals surface area contributed by atoms with Crippen LogP contribution >= 0.6 is 0 Å². The lowest BCUT2D eigenvalue weighted by Gasteiger charge is -2.38. The van der Waals surface area contributed by atoms with Gasteiger partial charge in [0.2, 0.25) is 0 Å². The van der Waals surface area contributed by atoms with Gasteiger partial charge in [0, 0.05) is 67.0 Å². The molecule has 0 aliphatic carbocycles. The first-order chi connectivity index (χ1) is 28.6. The summed E-state index contributed by atoms with van der Waals surface area (Å²) in [4.78, 5) is 3.58. The molecule has 0 atom stereocenters. The molecule has 0 saturated carbocycles. The molecule has 4 heterocycles.